The molecule has 0 aliphatic carbocycles. The lowest BCUT2D eigenvalue weighted by Crippen LogP contribution is -2.29. The van der Waals surface area contributed by atoms with Gasteiger partial charge in [-0.15, -0.1) is 10.2 Å². The van der Waals surface area contributed by atoms with E-state index in [1.165, 1.54) is 35.1 Å². The van der Waals surface area contributed by atoms with Crippen molar-refractivity contribution in [2.75, 3.05) is 18.6 Å². The SMILES string of the molecule is COc1cc(C2C(=C(O)c3c(C)nc4ccccn34)C(=O)C(=O)N2c2nnc(SCc3ccc(Cl)cc3)s2)ccc1OCCC(C)C. The Labute approximate surface area is 285 Å². The highest BCUT2D eigenvalue weighted by molar-refractivity contribution is 8.00. The van der Waals surface area contributed by atoms with Gasteiger partial charge in [0.05, 0.1) is 31.0 Å². The van der Waals surface area contributed by atoms with Gasteiger partial charge < -0.3 is 14.6 Å². The molecule has 4 heterocycles. The molecule has 13 heteroatoms. The minimum Gasteiger partial charge on any atom is -0.505 e. The summed E-state index contributed by atoms with van der Waals surface area (Å²) in [6.45, 7) is 6.48. The number of imidazole rings is 1. The van der Waals surface area contributed by atoms with Gasteiger partial charge in [-0.25, -0.2) is 4.98 Å². The van der Waals surface area contributed by atoms with Crippen molar-refractivity contribution in [1.82, 2.24) is 19.6 Å². The van der Waals surface area contributed by atoms with Gasteiger partial charge in [0.15, 0.2) is 21.6 Å². The molecule has 1 unspecified atom stereocenters. The molecule has 5 aromatic rings. The molecule has 6 rings (SSSR count). The first-order valence-electron chi connectivity index (χ1n) is 14.9. The van der Waals surface area contributed by atoms with Crippen LogP contribution in [0.5, 0.6) is 11.5 Å². The highest BCUT2D eigenvalue weighted by atomic mass is 35.5. The molecule has 1 atom stereocenters. The molecule has 1 amide bonds. The van der Waals surface area contributed by atoms with Crippen LogP contribution >= 0.6 is 34.7 Å². The number of fused-ring (bicyclic) bond motifs is 1. The largest absolute Gasteiger partial charge is 0.505 e. The Kier molecular flexibility index (Phi) is 9.53. The Morgan fingerprint density at radius 2 is 1.87 bits per heavy atom. The summed E-state index contributed by atoms with van der Waals surface area (Å²) >= 11 is 8.67. The summed E-state index contributed by atoms with van der Waals surface area (Å²) in [5.74, 6) is 0.0121. The number of amides is 1. The van der Waals surface area contributed by atoms with Crippen LogP contribution in [0.4, 0.5) is 5.13 Å². The fourth-order valence-electron chi connectivity index (χ4n) is 5.33. The van der Waals surface area contributed by atoms with Crippen molar-refractivity contribution in [1.29, 1.82) is 0 Å². The smallest absolute Gasteiger partial charge is 0.301 e. The van der Waals surface area contributed by atoms with Gasteiger partial charge in [0.25, 0.3) is 5.78 Å². The van der Waals surface area contributed by atoms with E-state index in [1.807, 2.05) is 30.3 Å². The molecule has 1 fully saturated rings. The predicted molar refractivity (Wildman–Crippen MR) is 184 cm³/mol. The number of halogens is 1. The van der Waals surface area contributed by atoms with Crippen LogP contribution in [0.1, 0.15) is 48.8 Å². The summed E-state index contributed by atoms with van der Waals surface area (Å²) in [5.41, 5.74) is 2.89. The van der Waals surface area contributed by atoms with E-state index in [-0.39, 0.29) is 16.5 Å². The van der Waals surface area contributed by atoms with E-state index in [0.717, 1.165) is 12.0 Å². The first-order chi connectivity index (χ1) is 22.7. The van der Waals surface area contributed by atoms with E-state index in [1.54, 1.807) is 47.9 Å². The number of pyridine rings is 1. The summed E-state index contributed by atoms with van der Waals surface area (Å²) in [6.07, 6.45) is 2.61. The van der Waals surface area contributed by atoms with E-state index in [0.29, 0.717) is 61.7 Å². The molecule has 10 nitrogen and oxygen atoms in total. The number of hydrogen-bond acceptors (Lipinski definition) is 10. The Hall–Kier alpha value is -4.39. The predicted octanol–water partition coefficient (Wildman–Crippen LogP) is 7.50. The summed E-state index contributed by atoms with van der Waals surface area (Å²) in [4.78, 5) is 33.6. The molecule has 3 aromatic heterocycles. The number of anilines is 1. The summed E-state index contributed by atoms with van der Waals surface area (Å²) < 4.78 is 14.0. The molecular weight excluding hydrogens is 658 g/mol. The third-order valence-corrected chi connectivity index (χ3v) is 10.1. The van der Waals surface area contributed by atoms with E-state index in [4.69, 9.17) is 21.1 Å². The lowest BCUT2D eigenvalue weighted by atomic mass is 9.96. The van der Waals surface area contributed by atoms with Crippen molar-refractivity contribution in [3.05, 3.63) is 100.0 Å². The van der Waals surface area contributed by atoms with Gasteiger partial charge in [-0.3, -0.25) is 18.9 Å². The van der Waals surface area contributed by atoms with E-state index in [9.17, 15) is 14.7 Å². The van der Waals surface area contributed by atoms with Crippen LogP contribution in [-0.4, -0.2) is 50.1 Å². The summed E-state index contributed by atoms with van der Waals surface area (Å²) in [6, 6.07) is 17.1. The third-order valence-electron chi connectivity index (χ3n) is 7.71. The average Bonchev–Trinajstić information content (AvgIpc) is 3.73. The van der Waals surface area contributed by atoms with Crippen LogP contribution in [0.15, 0.2) is 76.8 Å². The number of aliphatic hydroxyl groups excluding tert-OH is 1. The number of carbonyl (C=O) groups excluding carboxylic acids is 2. The summed E-state index contributed by atoms with van der Waals surface area (Å²) in [5, 5.41) is 21.4. The van der Waals surface area contributed by atoms with Crippen molar-refractivity contribution >= 4 is 62.9 Å². The number of benzene rings is 2. The molecule has 1 saturated heterocycles. The number of thioether (sulfide) groups is 1. The van der Waals surface area contributed by atoms with Gasteiger partial charge >= 0.3 is 5.91 Å². The van der Waals surface area contributed by atoms with Crippen LogP contribution < -0.4 is 14.4 Å². The molecule has 47 heavy (non-hydrogen) atoms. The lowest BCUT2D eigenvalue weighted by Gasteiger charge is -2.23. The Balaban J connectivity index is 1.43. The molecule has 0 spiro atoms. The minimum atomic E-state index is -1.04. The number of nitrogens with zero attached hydrogens (tertiary/aromatic N) is 5. The van der Waals surface area contributed by atoms with Gasteiger partial charge in [0, 0.05) is 17.0 Å². The van der Waals surface area contributed by atoms with Gasteiger partial charge in [-0.05, 0) is 66.8 Å². The van der Waals surface area contributed by atoms with Crippen LogP contribution in [-0.2, 0) is 15.3 Å². The van der Waals surface area contributed by atoms with Crippen molar-refractivity contribution in [3.63, 3.8) is 0 Å². The molecular formula is C34H32ClN5O5S2. The number of rotatable bonds is 11. The zero-order valence-electron chi connectivity index (χ0n) is 26.1. The molecule has 1 aliphatic heterocycles. The first kappa shape index (κ1) is 32.5. The summed E-state index contributed by atoms with van der Waals surface area (Å²) in [7, 11) is 1.53. The number of aryl methyl sites for hydroxylation is 1. The van der Waals surface area contributed by atoms with Crippen LogP contribution in [0.2, 0.25) is 5.02 Å². The quantitative estimate of drug-likeness (QED) is 0.0494. The van der Waals surface area contributed by atoms with Crippen molar-refractivity contribution in [2.24, 2.45) is 5.92 Å². The average molecular weight is 690 g/mol. The molecule has 0 bridgehead atoms. The second-order valence-corrected chi connectivity index (χ2v) is 14.0. The second kappa shape index (κ2) is 13.8. The maximum Gasteiger partial charge on any atom is 0.301 e. The van der Waals surface area contributed by atoms with Crippen molar-refractivity contribution < 1.29 is 24.2 Å². The lowest BCUT2D eigenvalue weighted by molar-refractivity contribution is -0.132. The maximum atomic E-state index is 13.9. The molecule has 0 radical (unpaired) electrons. The van der Waals surface area contributed by atoms with E-state index < -0.39 is 17.7 Å². The van der Waals surface area contributed by atoms with E-state index >= 15 is 0 Å². The first-order valence-corrected chi connectivity index (χ1v) is 17.1. The number of ether oxygens (including phenoxy) is 2. The van der Waals surface area contributed by atoms with Gasteiger partial charge in [0.1, 0.15) is 11.3 Å². The zero-order valence-corrected chi connectivity index (χ0v) is 28.5. The van der Waals surface area contributed by atoms with Gasteiger partial charge in [-0.1, -0.05) is 72.8 Å². The number of aromatic nitrogens is 4. The van der Waals surface area contributed by atoms with Crippen molar-refractivity contribution in [2.45, 2.75) is 43.3 Å². The number of hydrogen-bond donors (Lipinski definition) is 1. The second-order valence-electron chi connectivity index (χ2n) is 11.4. The third kappa shape index (κ3) is 6.58. The highest BCUT2D eigenvalue weighted by Crippen LogP contribution is 2.46. The Morgan fingerprint density at radius 3 is 2.62 bits per heavy atom. The normalized spacial score (nSPS) is 16.0. The highest BCUT2D eigenvalue weighted by Gasteiger charge is 2.49. The maximum absolute atomic E-state index is 13.9. The van der Waals surface area contributed by atoms with E-state index in [2.05, 4.69) is 29.0 Å². The molecule has 1 N–H and O–H groups in total. The van der Waals surface area contributed by atoms with Crippen LogP contribution in [0, 0.1) is 12.8 Å². The molecule has 0 saturated carbocycles. The number of carbonyl (C=O) groups is 2. The zero-order chi connectivity index (χ0) is 33.2. The van der Waals surface area contributed by atoms with Gasteiger partial charge in [0.2, 0.25) is 5.13 Å². The van der Waals surface area contributed by atoms with Crippen LogP contribution in [0.3, 0.4) is 0 Å². The topological polar surface area (TPSA) is 119 Å². The number of methoxy groups -OCH3 is 1. The minimum absolute atomic E-state index is 0.0927. The molecule has 2 aromatic carbocycles. The fourth-order valence-corrected chi connectivity index (χ4v) is 7.28. The molecule has 242 valence electrons. The standard InChI is InChI=1S/C34H32ClN5O5S2/c1-19(2)14-16-45-24-13-10-22(17-25(24)44-4)29-27(30(41)28-20(3)36-26-7-5-6-15-39(26)28)31(42)32(43)40(29)33-37-38-34(47-33)46-18-21-8-11-23(35)12-9-21/h5-13,15,17,19,29,41H,14,16,18H2,1-4H3. The molecule has 1 aliphatic rings. The van der Waals surface area contributed by atoms with Crippen LogP contribution in [0.25, 0.3) is 11.4 Å². The monoisotopic (exact) mass is 689 g/mol. The Morgan fingerprint density at radius 1 is 1.09 bits per heavy atom. The van der Waals surface area contributed by atoms with Crippen molar-refractivity contribution in [3.8, 4) is 11.5 Å². The number of aliphatic hydroxyl groups is 1. The van der Waals surface area contributed by atoms with Gasteiger partial charge in [-0.2, -0.15) is 0 Å². The fraction of sp³-hybridized carbons (Fsp3) is 0.265. The Bertz CT molecular complexity index is 1990. The number of Topliss-reactive ketones (excluding diaryl/α,β-unsaturated/α-hetero) is 1. The number of ketones is 1.